The summed E-state index contributed by atoms with van der Waals surface area (Å²) in [4.78, 5) is 21.9. The lowest BCUT2D eigenvalue weighted by atomic mass is 10.2. The van der Waals surface area contributed by atoms with E-state index >= 15 is 0 Å². The summed E-state index contributed by atoms with van der Waals surface area (Å²) < 4.78 is 1.84. The second-order valence-corrected chi connectivity index (χ2v) is 7.06. The van der Waals surface area contributed by atoms with Crippen molar-refractivity contribution in [1.82, 2.24) is 19.7 Å². The third-order valence-electron chi connectivity index (χ3n) is 3.61. The Morgan fingerprint density at radius 1 is 1.38 bits per heavy atom. The Morgan fingerprint density at radius 2 is 2.17 bits per heavy atom. The Morgan fingerprint density at radius 3 is 2.88 bits per heavy atom. The Bertz CT molecular complexity index is 928. The Labute approximate surface area is 149 Å². The maximum Gasteiger partial charge on any atom is 0.244 e. The number of fused-ring (bicyclic) bond motifs is 1. The zero-order valence-electron chi connectivity index (χ0n) is 13.6. The molecule has 3 heterocycles. The van der Waals surface area contributed by atoms with Crippen LogP contribution in [0.4, 0.5) is 0 Å². The predicted octanol–water partition coefficient (Wildman–Crippen LogP) is 3.95. The number of imidazole rings is 1. The van der Waals surface area contributed by atoms with Crippen molar-refractivity contribution in [2.75, 3.05) is 0 Å². The summed E-state index contributed by atoms with van der Waals surface area (Å²) in [6, 6.07) is 5.55. The molecule has 7 heteroatoms. The normalized spacial score (nSPS) is 12.8. The van der Waals surface area contributed by atoms with Crippen LogP contribution in [0.5, 0.6) is 0 Å². The molecule has 0 aromatic carbocycles. The molecule has 1 amide bonds. The van der Waals surface area contributed by atoms with Crippen LogP contribution in [0.15, 0.2) is 30.5 Å². The zero-order chi connectivity index (χ0) is 17.3. The van der Waals surface area contributed by atoms with Gasteiger partial charge in [0.05, 0.1) is 22.4 Å². The average molecular weight is 361 g/mol. The van der Waals surface area contributed by atoms with E-state index in [1.54, 1.807) is 17.4 Å². The molecule has 0 fully saturated rings. The number of pyridine rings is 1. The lowest BCUT2D eigenvalue weighted by Crippen LogP contribution is -2.24. The minimum atomic E-state index is -0.185. The van der Waals surface area contributed by atoms with Crippen LogP contribution >= 0.6 is 22.9 Å². The molecular weight excluding hydrogens is 344 g/mol. The summed E-state index contributed by atoms with van der Waals surface area (Å²) >= 11 is 7.75. The number of hydrogen-bond acceptors (Lipinski definition) is 4. The number of carbonyl (C=O) groups excluding carboxylic acids is 1. The van der Waals surface area contributed by atoms with Gasteiger partial charge in [-0.1, -0.05) is 17.7 Å². The van der Waals surface area contributed by atoms with Gasteiger partial charge in [0.2, 0.25) is 5.91 Å². The number of nitrogens with zero attached hydrogens (tertiary/aromatic N) is 3. The van der Waals surface area contributed by atoms with E-state index in [1.807, 2.05) is 49.6 Å². The van der Waals surface area contributed by atoms with Crippen molar-refractivity contribution in [3.05, 3.63) is 56.9 Å². The molecule has 3 aromatic rings. The van der Waals surface area contributed by atoms with Gasteiger partial charge in [-0.3, -0.25) is 9.20 Å². The molecule has 1 unspecified atom stereocenters. The van der Waals surface area contributed by atoms with Crippen LogP contribution in [-0.4, -0.2) is 20.3 Å². The number of rotatable bonds is 4. The van der Waals surface area contributed by atoms with E-state index in [2.05, 4.69) is 15.3 Å². The van der Waals surface area contributed by atoms with E-state index in [1.165, 1.54) is 6.08 Å². The molecule has 124 valence electrons. The van der Waals surface area contributed by atoms with E-state index in [0.717, 1.165) is 21.2 Å². The molecular formula is C17H17ClN4OS. The summed E-state index contributed by atoms with van der Waals surface area (Å²) in [6.07, 6.45) is 5.01. The predicted molar refractivity (Wildman–Crippen MR) is 97.4 cm³/mol. The van der Waals surface area contributed by atoms with Gasteiger partial charge in [-0.15, -0.1) is 11.3 Å². The number of carbonyl (C=O) groups is 1. The monoisotopic (exact) mass is 360 g/mol. The number of amides is 1. The van der Waals surface area contributed by atoms with Gasteiger partial charge in [0.1, 0.15) is 5.65 Å². The molecule has 0 saturated heterocycles. The van der Waals surface area contributed by atoms with Crippen LogP contribution in [0.2, 0.25) is 5.15 Å². The van der Waals surface area contributed by atoms with Crippen molar-refractivity contribution in [2.24, 2.45) is 0 Å². The first-order chi connectivity index (χ1) is 11.5. The molecule has 0 radical (unpaired) electrons. The lowest BCUT2D eigenvalue weighted by Gasteiger charge is -2.11. The third-order valence-corrected chi connectivity index (χ3v) is 5.14. The number of thiazole rings is 1. The molecule has 0 aliphatic carbocycles. The topological polar surface area (TPSA) is 59.3 Å². The minimum Gasteiger partial charge on any atom is -0.345 e. The van der Waals surface area contributed by atoms with Gasteiger partial charge in [0.15, 0.2) is 5.15 Å². The Kier molecular flexibility index (Phi) is 4.69. The summed E-state index contributed by atoms with van der Waals surface area (Å²) in [6.45, 7) is 5.87. The minimum absolute atomic E-state index is 0.0917. The summed E-state index contributed by atoms with van der Waals surface area (Å²) in [5.41, 5.74) is 2.38. The van der Waals surface area contributed by atoms with Crippen molar-refractivity contribution in [3.8, 4) is 0 Å². The van der Waals surface area contributed by atoms with Gasteiger partial charge >= 0.3 is 0 Å². The SMILES string of the molecule is Cc1nc(C)c(C(C)NC(=O)C=Cc2c(Cl)nc3ccccn23)s1. The smallest absolute Gasteiger partial charge is 0.244 e. The van der Waals surface area contributed by atoms with Gasteiger partial charge in [-0.05, 0) is 39.0 Å². The number of aryl methyl sites for hydroxylation is 2. The highest BCUT2D eigenvalue weighted by Crippen LogP contribution is 2.24. The van der Waals surface area contributed by atoms with Crippen molar-refractivity contribution >= 4 is 40.6 Å². The van der Waals surface area contributed by atoms with Gasteiger partial charge in [-0.2, -0.15) is 0 Å². The summed E-state index contributed by atoms with van der Waals surface area (Å²) in [7, 11) is 0. The largest absolute Gasteiger partial charge is 0.345 e. The summed E-state index contributed by atoms with van der Waals surface area (Å²) in [5, 5.41) is 4.32. The fraction of sp³-hybridized carbons (Fsp3) is 0.235. The molecule has 24 heavy (non-hydrogen) atoms. The first kappa shape index (κ1) is 16.7. The number of hydrogen-bond donors (Lipinski definition) is 1. The molecule has 0 bridgehead atoms. The van der Waals surface area contributed by atoms with Crippen LogP contribution < -0.4 is 5.32 Å². The molecule has 0 spiro atoms. The second-order valence-electron chi connectivity index (χ2n) is 5.46. The van der Waals surface area contributed by atoms with Crippen LogP contribution in [0, 0.1) is 13.8 Å². The van der Waals surface area contributed by atoms with Crippen molar-refractivity contribution < 1.29 is 4.79 Å². The van der Waals surface area contributed by atoms with Crippen LogP contribution in [-0.2, 0) is 4.79 Å². The fourth-order valence-corrected chi connectivity index (χ4v) is 3.74. The van der Waals surface area contributed by atoms with E-state index < -0.39 is 0 Å². The molecule has 1 N–H and O–H groups in total. The second kappa shape index (κ2) is 6.75. The number of nitrogens with one attached hydrogen (secondary N) is 1. The maximum absolute atomic E-state index is 12.2. The van der Waals surface area contributed by atoms with Crippen molar-refractivity contribution in [3.63, 3.8) is 0 Å². The zero-order valence-corrected chi connectivity index (χ0v) is 15.1. The van der Waals surface area contributed by atoms with Gasteiger partial charge in [0.25, 0.3) is 0 Å². The third kappa shape index (κ3) is 3.34. The average Bonchev–Trinajstić information content (AvgIpc) is 3.03. The van der Waals surface area contributed by atoms with Crippen LogP contribution in [0.25, 0.3) is 11.7 Å². The van der Waals surface area contributed by atoms with Gasteiger partial charge in [0, 0.05) is 17.2 Å². The van der Waals surface area contributed by atoms with E-state index in [4.69, 9.17) is 11.6 Å². The Balaban J connectivity index is 1.75. The fourth-order valence-electron chi connectivity index (χ4n) is 2.57. The Hall–Kier alpha value is -2.18. The van der Waals surface area contributed by atoms with Crippen molar-refractivity contribution in [2.45, 2.75) is 26.8 Å². The standard InChI is InChI=1S/C17H17ClN4OS/c1-10-16(24-12(3)19-10)11(2)20-15(23)8-7-13-17(18)21-14-6-4-5-9-22(13)14/h4-9,11H,1-3H3,(H,20,23). The highest BCUT2D eigenvalue weighted by Gasteiger charge is 2.14. The first-order valence-corrected chi connectivity index (χ1v) is 8.70. The van der Waals surface area contributed by atoms with Crippen molar-refractivity contribution in [1.29, 1.82) is 0 Å². The first-order valence-electron chi connectivity index (χ1n) is 7.51. The molecule has 0 aliphatic rings. The lowest BCUT2D eigenvalue weighted by molar-refractivity contribution is -0.117. The van der Waals surface area contributed by atoms with E-state index in [9.17, 15) is 4.79 Å². The van der Waals surface area contributed by atoms with E-state index in [0.29, 0.717) is 10.8 Å². The number of aromatic nitrogens is 3. The van der Waals surface area contributed by atoms with Crippen LogP contribution in [0.3, 0.4) is 0 Å². The highest BCUT2D eigenvalue weighted by molar-refractivity contribution is 7.11. The maximum atomic E-state index is 12.2. The van der Waals surface area contributed by atoms with E-state index in [-0.39, 0.29) is 11.9 Å². The molecule has 3 rings (SSSR count). The molecule has 3 aromatic heterocycles. The number of halogens is 1. The van der Waals surface area contributed by atoms with Gasteiger partial charge in [-0.25, -0.2) is 9.97 Å². The molecule has 1 atom stereocenters. The summed E-state index contributed by atoms with van der Waals surface area (Å²) in [5.74, 6) is -0.185. The molecule has 5 nitrogen and oxygen atoms in total. The molecule has 0 saturated carbocycles. The quantitative estimate of drug-likeness (QED) is 0.716. The molecule has 0 aliphatic heterocycles. The van der Waals surface area contributed by atoms with Gasteiger partial charge < -0.3 is 5.32 Å². The highest BCUT2D eigenvalue weighted by atomic mass is 35.5. The van der Waals surface area contributed by atoms with Crippen LogP contribution in [0.1, 0.15) is 34.2 Å².